The lowest BCUT2D eigenvalue weighted by atomic mass is 10.1. The average molecular weight is 349 g/mol. The van der Waals surface area contributed by atoms with E-state index in [1.165, 1.54) is 29.9 Å². The van der Waals surface area contributed by atoms with Gasteiger partial charge in [-0.15, -0.1) is 0 Å². The second kappa shape index (κ2) is 10.6. The Morgan fingerprint density at radius 2 is 2.17 bits per heavy atom. The molecule has 1 aliphatic rings. The molecule has 0 saturated carbocycles. The van der Waals surface area contributed by atoms with Crippen LogP contribution >= 0.6 is 11.8 Å². The van der Waals surface area contributed by atoms with Crippen LogP contribution in [0.15, 0.2) is 35.3 Å². The van der Waals surface area contributed by atoms with Crippen molar-refractivity contribution in [2.75, 3.05) is 32.1 Å². The maximum absolute atomic E-state index is 4.36. The van der Waals surface area contributed by atoms with E-state index in [-0.39, 0.29) is 0 Å². The van der Waals surface area contributed by atoms with Crippen molar-refractivity contribution in [1.29, 1.82) is 0 Å². The Kier molecular flexibility index (Phi) is 8.47. The van der Waals surface area contributed by atoms with Crippen LogP contribution in [0.3, 0.4) is 0 Å². The first-order chi connectivity index (χ1) is 11.7. The number of aliphatic imine (C=N–C) groups is 1. The second-order valence-corrected chi connectivity index (χ2v) is 7.75. The van der Waals surface area contributed by atoms with E-state index in [0.717, 1.165) is 25.5 Å². The van der Waals surface area contributed by atoms with Gasteiger partial charge in [0.05, 0.1) is 0 Å². The molecular weight excluding hydrogens is 316 g/mol. The molecule has 2 atom stereocenters. The summed E-state index contributed by atoms with van der Waals surface area (Å²) in [5.41, 5.74) is 1.37. The van der Waals surface area contributed by atoms with Gasteiger partial charge in [-0.1, -0.05) is 30.3 Å². The van der Waals surface area contributed by atoms with Crippen molar-refractivity contribution in [3.8, 4) is 0 Å². The van der Waals surface area contributed by atoms with Crippen LogP contribution in [-0.2, 0) is 6.54 Å². The van der Waals surface area contributed by atoms with Crippen LogP contribution in [0.2, 0.25) is 0 Å². The van der Waals surface area contributed by atoms with Crippen LogP contribution in [0, 0.1) is 0 Å². The molecule has 1 aromatic rings. The Morgan fingerprint density at radius 1 is 1.38 bits per heavy atom. The minimum atomic E-state index is 0.529. The first kappa shape index (κ1) is 19.1. The lowest BCUT2D eigenvalue weighted by Crippen LogP contribution is -2.46. The Balaban J connectivity index is 1.67. The highest BCUT2D eigenvalue weighted by Gasteiger charge is 2.15. The van der Waals surface area contributed by atoms with Crippen molar-refractivity contribution in [3.05, 3.63) is 35.9 Å². The maximum atomic E-state index is 4.36. The minimum absolute atomic E-state index is 0.529. The fourth-order valence-corrected chi connectivity index (χ4v) is 3.96. The Hall–Kier alpha value is -1.20. The number of hydrogen-bond donors (Lipinski definition) is 2. The number of nitrogens with zero attached hydrogens (tertiary/aromatic N) is 2. The number of nitrogens with one attached hydrogen (secondary N) is 2. The molecule has 0 aliphatic carbocycles. The zero-order chi connectivity index (χ0) is 17.2. The predicted octanol–water partition coefficient (Wildman–Crippen LogP) is 2.96. The molecule has 1 heterocycles. The molecule has 0 aromatic heterocycles. The SMILES string of the molecule is CN=C(NCCC(C)N(C)Cc1ccccc1)NC1CCCSC1. The minimum Gasteiger partial charge on any atom is -0.356 e. The van der Waals surface area contributed by atoms with Gasteiger partial charge in [0.15, 0.2) is 5.96 Å². The third-order valence-corrected chi connectivity index (χ3v) is 5.82. The van der Waals surface area contributed by atoms with Gasteiger partial charge in [-0.3, -0.25) is 9.89 Å². The number of benzene rings is 1. The summed E-state index contributed by atoms with van der Waals surface area (Å²) in [6, 6.07) is 11.8. The smallest absolute Gasteiger partial charge is 0.191 e. The quantitative estimate of drug-likeness (QED) is 0.587. The van der Waals surface area contributed by atoms with Crippen LogP contribution in [0.4, 0.5) is 0 Å². The maximum Gasteiger partial charge on any atom is 0.191 e. The summed E-state index contributed by atoms with van der Waals surface area (Å²) in [6.07, 6.45) is 3.66. The molecule has 1 fully saturated rings. The van der Waals surface area contributed by atoms with Crippen LogP contribution in [-0.4, -0.2) is 55.1 Å². The topological polar surface area (TPSA) is 39.7 Å². The summed E-state index contributed by atoms with van der Waals surface area (Å²) >= 11 is 2.04. The van der Waals surface area contributed by atoms with Crippen LogP contribution in [0.25, 0.3) is 0 Å². The molecule has 0 amide bonds. The molecule has 2 N–H and O–H groups in total. The van der Waals surface area contributed by atoms with Gasteiger partial charge in [0.1, 0.15) is 0 Å². The van der Waals surface area contributed by atoms with E-state index >= 15 is 0 Å². The molecule has 0 spiro atoms. The molecule has 1 aliphatic heterocycles. The molecule has 2 rings (SSSR count). The monoisotopic (exact) mass is 348 g/mol. The van der Waals surface area contributed by atoms with Gasteiger partial charge in [-0.2, -0.15) is 11.8 Å². The Labute approximate surface area is 151 Å². The van der Waals surface area contributed by atoms with Crippen molar-refractivity contribution >= 4 is 17.7 Å². The molecule has 5 heteroatoms. The Bertz CT molecular complexity index is 485. The van der Waals surface area contributed by atoms with E-state index in [1.807, 2.05) is 18.8 Å². The summed E-state index contributed by atoms with van der Waals surface area (Å²) in [5.74, 6) is 3.44. The number of hydrogen-bond acceptors (Lipinski definition) is 3. The molecular formula is C19H32N4S. The predicted molar refractivity (Wildman–Crippen MR) is 107 cm³/mol. The zero-order valence-corrected chi connectivity index (χ0v) is 16.1. The lowest BCUT2D eigenvalue weighted by molar-refractivity contribution is 0.238. The molecule has 0 radical (unpaired) electrons. The molecule has 4 nitrogen and oxygen atoms in total. The third kappa shape index (κ3) is 6.73. The van der Waals surface area contributed by atoms with Crippen molar-refractivity contribution in [3.63, 3.8) is 0 Å². The highest BCUT2D eigenvalue weighted by atomic mass is 32.2. The summed E-state index contributed by atoms with van der Waals surface area (Å²) in [6.45, 7) is 4.23. The molecule has 1 saturated heterocycles. The largest absolute Gasteiger partial charge is 0.356 e. The van der Waals surface area contributed by atoms with Crippen molar-refractivity contribution in [2.45, 2.75) is 44.8 Å². The average Bonchev–Trinajstić information content (AvgIpc) is 2.62. The summed E-state index contributed by atoms with van der Waals surface area (Å²) in [5, 5.41) is 7.02. The summed E-state index contributed by atoms with van der Waals surface area (Å²) < 4.78 is 0. The second-order valence-electron chi connectivity index (χ2n) is 6.60. The first-order valence-corrected chi connectivity index (χ1v) is 10.1. The van der Waals surface area contributed by atoms with Gasteiger partial charge in [-0.25, -0.2) is 0 Å². The number of rotatable bonds is 7. The first-order valence-electron chi connectivity index (χ1n) is 8.98. The van der Waals surface area contributed by atoms with Gasteiger partial charge in [-0.05, 0) is 44.6 Å². The summed E-state index contributed by atoms with van der Waals surface area (Å²) in [4.78, 5) is 6.77. The fourth-order valence-electron chi connectivity index (χ4n) is 2.89. The van der Waals surface area contributed by atoms with Crippen molar-refractivity contribution in [1.82, 2.24) is 15.5 Å². The van der Waals surface area contributed by atoms with E-state index in [1.54, 1.807) is 0 Å². The molecule has 0 bridgehead atoms. The highest BCUT2D eigenvalue weighted by molar-refractivity contribution is 7.99. The highest BCUT2D eigenvalue weighted by Crippen LogP contribution is 2.16. The fraction of sp³-hybridized carbons (Fsp3) is 0.632. The lowest BCUT2D eigenvalue weighted by Gasteiger charge is -2.27. The third-order valence-electron chi connectivity index (χ3n) is 4.61. The van der Waals surface area contributed by atoms with Gasteiger partial charge in [0, 0.05) is 38.0 Å². The van der Waals surface area contributed by atoms with E-state index in [4.69, 9.17) is 0 Å². The number of thioether (sulfide) groups is 1. The van der Waals surface area contributed by atoms with Gasteiger partial charge < -0.3 is 10.6 Å². The van der Waals surface area contributed by atoms with E-state index in [0.29, 0.717) is 12.1 Å². The standard InChI is InChI=1S/C19H32N4S/c1-16(23(3)14-17-8-5-4-6-9-17)11-12-21-19(20-2)22-18-10-7-13-24-15-18/h4-6,8-9,16,18H,7,10-15H2,1-3H3,(H2,20,21,22). The Morgan fingerprint density at radius 3 is 2.83 bits per heavy atom. The van der Waals surface area contributed by atoms with E-state index in [2.05, 4.69) is 64.8 Å². The van der Waals surface area contributed by atoms with Crippen LogP contribution in [0.1, 0.15) is 31.7 Å². The van der Waals surface area contributed by atoms with Gasteiger partial charge in [0.2, 0.25) is 0 Å². The van der Waals surface area contributed by atoms with Gasteiger partial charge >= 0.3 is 0 Å². The number of guanidine groups is 1. The molecule has 134 valence electrons. The molecule has 24 heavy (non-hydrogen) atoms. The van der Waals surface area contributed by atoms with Crippen molar-refractivity contribution < 1.29 is 0 Å². The van der Waals surface area contributed by atoms with Gasteiger partial charge in [0.25, 0.3) is 0 Å². The van der Waals surface area contributed by atoms with E-state index < -0.39 is 0 Å². The zero-order valence-electron chi connectivity index (χ0n) is 15.3. The molecule has 2 unspecified atom stereocenters. The van der Waals surface area contributed by atoms with Crippen LogP contribution in [0.5, 0.6) is 0 Å². The van der Waals surface area contributed by atoms with E-state index in [9.17, 15) is 0 Å². The normalized spacial score (nSPS) is 20.0. The van der Waals surface area contributed by atoms with Crippen molar-refractivity contribution in [2.24, 2.45) is 4.99 Å². The van der Waals surface area contributed by atoms with Crippen LogP contribution < -0.4 is 10.6 Å². The molecule has 1 aromatic carbocycles. The summed E-state index contributed by atoms with van der Waals surface area (Å²) in [7, 11) is 4.06.